The van der Waals surface area contributed by atoms with Crippen molar-refractivity contribution in [3.05, 3.63) is 59.3 Å². The second kappa shape index (κ2) is 8.72. The molecule has 0 radical (unpaired) electrons. The molecule has 8 heteroatoms. The highest BCUT2D eigenvalue weighted by Crippen LogP contribution is 2.13. The minimum absolute atomic E-state index is 0.173. The van der Waals surface area contributed by atoms with Gasteiger partial charge >= 0.3 is 0 Å². The molecule has 0 bridgehead atoms. The molecule has 2 aromatic rings. The fraction of sp³-hybridized carbons (Fsp3) is 0.235. The monoisotopic (exact) mass is 349 g/mol. The predicted molar refractivity (Wildman–Crippen MR) is 85.9 cm³/mol. The Morgan fingerprint density at radius 3 is 2.56 bits per heavy atom. The Balaban J connectivity index is 1.85. The van der Waals surface area contributed by atoms with Crippen LogP contribution in [0.2, 0.25) is 0 Å². The van der Waals surface area contributed by atoms with Crippen molar-refractivity contribution in [1.82, 2.24) is 15.6 Å². The summed E-state index contributed by atoms with van der Waals surface area (Å²) in [6.07, 6.45) is 1.58. The van der Waals surface area contributed by atoms with Crippen LogP contribution in [0.4, 0.5) is 8.78 Å². The van der Waals surface area contributed by atoms with Gasteiger partial charge in [-0.15, -0.1) is 0 Å². The predicted octanol–water partition coefficient (Wildman–Crippen LogP) is 1.80. The Kier molecular flexibility index (Phi) is 6.39. The zero-order chi connectivity index (χ0) is 18.2. The average molecular weight is 349 g/mol. The molecule has 0 spiro atoms. The van der Waals surface area contributed by atoms with Gasteiger partial charge in [0.25, 0.3) is 5.91 Å². The molecule has 0 aliphatic heterocycles. The molecule has 0 unspecified atom stereocenters. The maximum atomic E-state index is 13.1. The molecule has 0 aliphatic rings. The molecule has 0 aliphatic carbocycles. The fourth-order valence-electron chi connectivity index (χ4n) is 2.03. The van der Waals surface area contributed by atoms with Crippen LogP contribution in [-0.4, -0.2) is 29.9 Å². The molecule has 1 aromatic heterocycles. The minimum atomic E-state index is -0.866. The molecule has 0 atom stereocenters. The van der Waals surface area contributed by atoms with Crippen LogP contribution in [0, 0.1) is 11.6 Å². The number of nitrogens with one attached hydrogen (secondary N) is 2. The summed E-state index contributed by atoms with van der Waals surface area (Å²) in [6.45, 7) is 2.10. The Morgan fingerprint density at radius 1 is 1.16 bits per heavy atom. The zero-order valence-corrected chi connectivity index (χ0v) is 13.5. The van der Waals surface area contributed by atoms with E-state index in [4.69, 9.17) is 4.74 Å². The first-order chi connectivity index (χ1) is 12.0. The third kappa shape index (κ3) is 5.52. The van der Waals surface area contributed by atoms with E-state index in [-0.39, 0.29) is 18.7 Å². The van der Waals surface area contributed by atoms with Gasteiger partial charge in [0.15, 0.2) is 0 Å². The maximum Gasteiger partial charge on any atom is 0.251 e. The summed E-state index contributed by atoms with van der Waals surface area (Å²) < 4.78 is 31.5. The van der Waals surface area contributed by atoms with Gasteiger partial charge in [-0.3, -0.25) is 9.59 Å². The first-order valence-electron chi connectivity index (χ1n) is 7.57. The van der Waals surface area contributed by atoms with E-state index in [1.807, 2.05) is 6.92 Å². The van der Waals surface area contributed by atoms with Crippen LogP contribution in [0.3, 0.4) is 0 Å². The topological polar surface area (TPSA) is 80.3 Å². The normalized spacial score (nSPS) is 10.2. The number of pyridine rings is 1. The molecule has 0 fully saturated rings. The van der Waals surface area contributed by atoms with Crippen LogP contribution in [0.15, 0.2) is 36.5 Å². The average Bonchev–Trinajstić information content (AvgIpc) is 2.58. The number of carbonyl (C=O) groups excluding carboxylic acids is 2. The third-order valence-corrected chi connectivity index (χ3v) is 3.14. The van der Waals surface area contributed by atoms with E-state index in [0.29, 0.717) is 24.1 Å². The molecule has 0 saturated carbocycles. The van der Waals surface area contributed by atoms with E-state index in [2.05, 4.69) is 15.6 Å². The molecule has 1 aromatic carbocycles. The van der Waals surface area contributed by atoms with Gasteiger partial charge in [0.2, 0.25) is 11.8 Å². The number of ether oxygens (including phenoxy) is 1. The summed E-state index contributed by atoms with van der Waals surface area (Å²) in [7, 11) is 0. The maximum absolute atomic E-state index is 13.1. The van der Waals surface area contributed by atoms with Crippen molar-refractivity contribution < 1.29 is 23.1 Å². The Morgan fingerprint density at radius 2 is 1.88 bits per heavy atom. The molecule has 25 heavy (non-hydrogen) atoms. The van der Waals surface area contributed by atoms with Crippen LogP contribution >= 0.6 is 0 Å². The first-order valence-corrected chi connectivity index (χ1v) is 7.57. The second-order valence-corrected chi connectivity index (χ2v) is 5.02. The van der Waals surface area contributed by atoms with Gasteiger partial charge in [-0.25, -0.2) is 13.8 Å². The van der Waals surface area contributed by atoms with Crippen LogP contribution in [0.1, 0.15) is 22.8 Å². The molecule has 6 nitrogen and oxygen atoms in total. The Hall–Kier alpha value is -3.03. The van der Waals surface area contributed by atoms with Gasteiger partial charge < -0.3 is 15.4 Å². The number of hydrogen-bond acceptors (Lipinski definition) is 4. The van der Waals surface area contributed by atoms with Gasteiger partial charge in [-0.2, -0.15) is 0 Å². The van der Waals surface area contributed by atoms with E-state index < -0.39 is 23.4 Å². The lowest BCUT2D eigenvalue weighted by Gasteiger charge is -2.10. The van der Waals surface area contributed by atoms with E-state index in [0.717, 1.165) is 12.1 Å². The van der Waals surface area contributed by atoms with Crippen molar-refractivity contribution in [3.63, 3.8) is 0 Å². The van der Waals surface area contributed by atoms with Crippen LogP contribution < -0.4 is 15.4 Å². The van der Waals surface area contributed by atoms with Crippen molar-refractivity contribution in [2.75, 3.05) is 13.2 Å². The molecular weight excluding hydrogens is 332 g/mol. The van der Waals surface area contributed by atoms with Crippen molar-refractivity contribution in [2.45, 2.75) is 13.5 Å². The number of hydrogen-bond donors (Lipinski definition) is 2. The van der Waals surface area contributed by atoms with Crippen LogP contribution in [0.25, 0.3) is 0 Å². The second-order valence-electron chi connectivity index (χ2n) is 5.02. The van der Waals surface area contributed by atoms with Crippen molar-refractivity contribution in [1.29, 1.82) is 0 Å². The first kappa shape index (κ1) is 18.3. The van der Waals surface area contributed by atoms with E-state index in [1.54, 1.807) is 18.3 Å². The largest absolute Gasteiger partial charge is 0.478 e. The number of benzene rings is 1. The number of rotatable bonds is 7. The summed E-state index contributed by atoms with van der Waals surface area (Å²) in [5, 5.41) is 4.90. The highest BCUT2D eigenvalue weighted by Gasteiger charge is 2.11. The lowest BCUT2D eigenvalue weighted by Crippen LogP contribution is -2.36. The molecule has 0 saturated heterocycles. The van der Waals surface area contributed by atoms with Gasteiger partial charge in [-0.1, -0.05) is 6.07 Å². The number of amides is 2. The van der Waals surface area contributed by atoms with Crippen LogP contribution in [0.5, 0.6) is 5.88 Å². The molecule has 132 valence electrons. The van der Waals surface area contributed by atoms with Crippen molar-refractivity contribution in [3.8, 4) is 5.88 Å². The van der Waals surface area contributed by atoms with E-state index in [1.165, 1.54) is 0 Å². The molecule has 1 heterocycles. The molecular formula is C17H17F2N3O3. The number of halogens is 2. The van der Waals surface area contributed by atoms with Gasteiger partial charge in [-0.05, 0) is 25.1 Å². The minimum Gasteiger partial charge on any atom is -0.478 e. The van der Waals surface area contributed by atoms with Gasteiger partial charge in [0.1, 0.15) is 11.6 Å². The summed E-state index contributed by atoms with van der Waals surface area (Å²) >= 11 is 0. The quantitative estimate of drug-likeness (QED) is 0.799. The van der Waals surface area contributed by atoms with E-state index >= 15 is 0 Å². The summed E-state index contributed by atoms with van der Waals surface area (Å²) in [5.74, 6) is -2.52. The van der Waals surface area contributed by atoms with Gasteiger partial charge in [0, 0.05) is 29.9 Å². The van der Waals surface area contributed by atoms with Crippen LogP contribution in [-0.2, 0) is 11.3 Å². The molecule has 2 amide bonds. The molecule has 2 N–H and O–H groups in total. The summed E-state index contributed by atoms with van der Waals surface area (Å²) in [6, 6.07) is 5.91. The SMILES string of the molecule is CCOc1ncccc1CNC(=O)CNC(=O)c1cc(F)cc(F)c1. The number of aromatic nitrogens is 1. The highest BCUT2D eigenvalue weighted by molar-refractivity contribution is 5.96. The third-order valence-electron chi connectivity index (χ3n) is 3.14. The number of nitrogens with zero attached hydrogens (tertiary/aromatic N) is 1. The number of carbonyl (C=O) groups is 2. The Labute approximate surface area is 143 Å². The zero-order valence-electron chi connectivity index (χ0n) is 13.5. The smallest absolute Gasteiger partial charge is 0.251 e. The summed E-state index contributed by atoms with van der Waals surface area (Å²) in [5.41, 5.74) is 0.493. The van der Waals surface area contributed by atoms with E-state index in [9.17, 15) is 18.4 Å². The van der Waals surface area contributed by atoms with Crippen molar-refractivity contribution in [2.24, 2.45) is 0 Å². The lowest BCUT2D eigenvalue weighted by atomic mass is 10.2. The summed E-state index contributed by atoms with van der Waals surface area (Å²) in [4.78, 5) is 27.7. The molecule has 2 rings (SSSR count). The lowest BCUT2D eigenvalue weighted by molar-refractivity contribution is -0.120. The van der Waals surface area contributed by atoms with Gasteiger partial charge in [0.05, 0.1) is 13.2 Å². The highest BCUT2D eigenvalue weighted by atomic mass is 19.1. The Bertz CT molecular complexity index is 748. The fourth-order valence-corrected chi connectivity index (χ4v) is 2.03. The standard InChI is InChI=1S/C17H17F2N3O3/c1-2-25-17-11(4-3-5-20-17)9-21-15(23)10-22-16(24)12-6-13(18)8-14(19)7-12/h3-8H,2,9-10H2,1H3,(H,21,23)(H,22,24). The van der Waals surface area contributed by atoms with Crippen molar-refractivity contribution >= 4 is 11.8 Å².